The molecule has 2 heterocycles. The Morgan fingerprint density at radius 2 is 2.08 bits per heavy atom. The molecule has 2 fully saturated rings. The molecule has 4 nitrogen and oxygen atoms in total. The Bertz CT molecular complexity index is 579. The van der Waals surface area contributed by atoms with E-state index in [2.05, 4.69) is 9.80 Å². The molecule has 0 saturated carbocycles. The smallest absolute Gasteiger partial charge is 0.142 e. The van der Waals surface area contributed by atoms with Crippen LogP contribution >= 0.6 is 11.6 Å². The van der Waals surface area contributed by atoms with Crippen molar-refractivity contribution in [1.82, 2.24) is 9.80 Å². The van der Waals surface area contributed by atoms with Gasteiger partial charge >= 0.3 is 0 Å². The van der Waals surface area contributed by atoms with E-state index in [1.54, 1.807) is 13.2 Å². The van der Waals surface area contributed by atoms with E-state index >= 15 is 0 Å². The van der Waals surface area contributed by atoms with Crippen LogP contribution in [0.15, 0.2) is 18.2 Å². The molecule has 3 rings (SSSR count). The van der Waals surface area contributed by atoms with Crippen molar-refractivity contribution in [2.75, 3.05) is 53.0 Å². The van der Waals surface area contributed by atoms with Crippen molar-refractivity contribution in [2.45, 2.75) is 19.4 Å². The number of ether oxygens (including phenoxy) is 1. The molecule has 0 aliphatic carbocycles. The van der Waals surface area contributed by atoms with E-state index in [9.17, 15) is 9.50 Å². The van der Waals surface area contributed by atoms with Gasteiger partial charge in [-0.15, -0.1) is 0 Å². The second-order valence-corrected chi connectivity index (χ2v) is 7.90. The normalized spacial score (nSPS) is 24.2. The van der Waals surface area contributed by atoms with Crippen LogP contribution < -0.4 is 0 Å². The molecule has 0 aromatic heterocycles. The van der Waals surface area contributed by atoms with E-state index in [0.29, 0.717) is 5.92 Å². The maximum absolute atomic E-state index is 13.6. The Morgan fingerprint density at radius 1 is 1.32 bits per heavy atom. The van der Waals surface area contributed by atoms with Gasteiger partial charge in [0.25, 0.3) is 0 Å². The number of aliphatic hydroxyl groups excluding tert-OH is 1. The minimum atomic E-state index is -0.349. The van der Waals surface area contributed by atoms with Crippen LogP contribution in [0.25, 0.3) is 0 Å². The Hall–Kier alpha value is -0.720. The molecule has 1 spiro atoms. The molecule has 0 radical (unpaired) electrons. The number of hydrogen-bond donors (Lipinski definition) is 1. The number of rotatable bonds is 6. The molecule has 0 bridgehead atoms. The monoisotopic (exact) mass is 370 g/mol. The van der Waals surface area contributed by atoms with Crippen molar-refractivity contribution >= 4 is 11.6 Å². The minimum Gasteiger partial charge on any atom is -0.396 e. The lowest BCUT2D eigenvalue weighted by atomic mass is 9.71. The van der Waals surface area contributed by atoms with Crippen LogP contribution in [0.3, 0.4) is 0 Å². The third-order valence-electron chi connectivity index (χ3n) is 5.96. The molecular weight excluding hydrogens is 343 g/mol. The summed E-state index contributed by atoms with van der Waals surface area (Å²) in [6, 6.07) is 5.06. The van der Waals surface area contributed by atoms with Gasteiger partial charge in [0.05, 0.1) is 11.6 Å². The van der Waals surface area contributed by atoms with Gasteiger partial charge in [-0.2, -0.15) is 0 Å². The highest BCUT2D eigenvalue weighted by atomic mass is 35.5. The molecule has 1 aromatic carbocycles. The predicted octanol–water partition coefficient (Wildman–Crippen LogP) is 2.63. The van der Waals surface area contributed by atoms with E-state index in [-0.39, 0.29) is 22.9 Å². The van der Waals surface area contributed by atoms with Gasteiger partial charge in [-0.3, -0.25) is 4.90 Å². The van der Waals surface area contributed by atoms with Gasteiger partial charge < -0.3 is 14.7 Å². The van der Waals surface area contributed by atoms with Gasteiger partial charge in [0.1, 0.15) is 5.82 Å². The second kappa shape index (κ2) is 8.31. The first-order valence-corrected chi connectivity index (χ1v) is 9.42. The Labute approximate surface area is 154 Å². The van der Waals surface area contributed by atoms with Crippen molar-refractivity contribution in [2.24, 2.45) is 11.3 Å². The molecular formula is C19H28ClFN2O2. The number of nitrogens with zero attached hydrogens (tertiary/aromatic N) is 2. The number of aliphatic hydroxyl groups is 1. The van der Waals surface area contributed by atoms with Crippen molar-refractivity contribution in [3.05, 3.63) is 34.6 Å². The first-order valence-electron chi connectivity index (χ1n) is 9.05. The summed E-state index contributed by atoms with van der Waals surface area (Å²) in [5.74, 6) is -0.00273. The predicted molar refractivity (Wildman–Crippen MR) is 97.2 cm³/mol. The molecule has 140 valence electrons. The number of methoxy groups -OCH3 is 1. The zero-order valence-corrected chi connectivity index (χ0v) is 15.6. The zero-order valence-electron chi connectivity index (χ0n) is 14.9. The van der Waals surface area contributed by atoms with Gasteiger partial charge in [-0.05, 0) is 49.0 Å². The lowest BCUT2D eigenvalue weighted by molar-refractivity contribution is 0.0477. The number of piperidine rings is 1. The molecule has 25 heavy (non-hydrogen) atoms. The van der Waals surface area contributed by atoms with Gasteiger partial charge in [0.2, 0.25) is 0 Å². The van der Waals surface area contributed by atoms with E-state index in [1.165, 1.54) is 6.07 Å². The summed E-state index contributed by atoms with van der Waals surface area (Å²) in [7, 11) is 1.73. The van der Waals surface area contributed by atoms with Gasteiger partial charge in [-0.1, -0.05) is 17.7 Å². The fourth-order valence-electron chi connectivity index (χ4n) is 4.41. The van der Waals surface area contributed by atoms with Crippen molar-refractivity contribution < 1.29 is 14.2 Å². The van der Waals surface area contributed by atoms with Crippen LogP contribution in [0.4, 0.5) is 4.39 Å². The van der Waals surface area contributed by atoms with Gasteiger partial charge in [-0.25, -0.2) is 4.39 Å². The summed E-state index contributed by atoms with van der Waals surface area (Å²) in [6.45, 7) is 6.66. The summed E-state index contributed by atoms with van der Waals surface area (Å²) in [5.41, 5.74) is 1.18. The summed E-state index contributed by atoms with van der Waals surface area (Å²) in [4.78, 5) is 4.80. The standard InChI is InChI=1S/C19H28ClFN2O2/c1-25-9-8-23-12-16(13-24)19(14-23)4-6-22(7-5-19)11-15-2-3-17(20)18(21)10-15/h2-3,10,16,24H,4-9,11-14H2,1H3. The second-order valence-electron chi connectivity index (χ2n) is 7.49. The van der Waals surface area contributed by atoms with E-state index < -0.39 is 0 Å². The number of likely N-dealkylation sites (tertiary alicyclic amines) is 2. The van der Waals surface area contributed by atoms with Gasteiger partial charge in [0.15, 0.2) is 0 Å². The molecule has 2 saturated heterocycles. The average molecular weight is 371 g/mol. The lowest BCUT2D eigenvalue weighted by Crippen LogP contribution is -2.44. The first-order chi connectivity index (χ1) is 12.1. The summed E-state index contributed by atoms with van der Waals surface area (Å²) >= 11 is 5.76. The molecule has 0 amide bonds. The fraction of sp³-hybridized carbons (Fsp3) is 0.684. The van der Waals surface area contributed by atoms with Crippen LogP contribution in [0.2, 0.25) is 5.02 Å². The van der Waals surface area contributed by atoms with Crippen LogP contribution in [0, 0.1) is 17.2 Å². The molecule has 1 unspecified atom stereocenters. The number of hydrogen-bond acceptors (Lipinski definition) is 4. The van der Waals surface area contributed by atoms with E-state index in [4.69, 9.17) is 16.3 Å². The molecule has 6 heteroatoms. The fourth-order valence-corrected chi connectivity index (χ4v) is 4.52. The number of benzene rings is 1. The SMILES string of the molecule is COCCN1CC(CO)C2(CCN(Cc3ccc(Cl)c(F)c3)CC2)C1. The molecule has 2 aliphatic heterocycles. The molecule has 2 aliphatic rings. The highest BCUT2D eigenvalue weighted by Crippen LogP contribution is 2.44. The lowest BCUT2D eigenvalue weighted by Gasteiger charge is -2.42. The first kappa shape index (κ1) is 19.1. The maximum atomic E-state index is 13.6. The van der Waals surface area contributed by atoms with Crippen LogP contribution in [0.1, 0.15) is 18.4 Å². The van der Waals surface area contributed by atoms with Crippen molar-refractivity contribution in [1.29, 1.82) is 0 Å². The quantitative estimate of drug-likeness (QED) is 0.835. The third-order valence-corrected chi connectivity index (χ3v) is 6.26. The van der Waals surface area contributed by atoms with Crippen LogP contribution in [0.5, 0.6) is 0 Å². The highest BCUT2D eigenvalue weighted by molar-refractivity contribution is 6.30. The minimum absolute atomic E-state index is 0.175. The molecule has 1 atom stereocenters. The molecule has 1 aromatic rings. The topological polar surface area (TPSA) is 35.9 Å². The van der Waals surface area contributed by atoms with E-state index in [1.807, 2.05) is 6.07 Å². The highest BCUT2D eigenvalue weighted by Gasteiger charge is 2.47. The van der Waals surface area contributed by atoms with E-state index in [0.717, 1.165) is 64.3 Å². The van der Waals surface area contributed by atoms with Crippen molar-refractivity contribution in [3.8, 4) is 0 Å². The van der Waals surface area contributed by atoms with Crippen LogP contribution in [-0.2, 0) is 11.3 Å². The molecule has 1 N–H and O–H groups in total. The Morgan fingerprint density at radius 3 is 2.72 bits per heavy atom. The number of halogens is 2. The Kier molecular flexibility index (Phi) is 6.34. The van der Waals surface area contributed by atoms with Gasteiger partial charge in [0, 0.05) is 45.8 Å². The van der Waals surface area contributed by atoms with Crippen molar-refractivity contribution in [3.63, 3.8) is 0 Å². The van der Waals surface area contributed by atoms with Crippen LogP contribution in [-0.4, -0.2) is 68.0 Å². The zero-order chi connectivity index (χ0) is 17.9. The largest absolute Gasteiger partial charge is 0.396 e. The Balaban J connectivity index is 1.57. The summed E-state index contributed by atoms with van der Waals surface area (Å²) in [6.07, 6.45) is 2.16. The summed E-state index contributed by atoms with van der Waals surface area (Å²) < 4.78 is 18.8. The maximum Gasteiger partial charge on any atom is 0.142 e. The average Bonchev–Trinajstić information content (AvgIpc) is 2.96. The summed E-state index contributed by atoms with van der Waals surface area (Å²) in [5, 5.41) is 10.0. The third kappa shape index (κ3) is 4.34.